The number of aryl methyl sites for hydroxylation is 1. The highest BCUT2D eigenvalue weighted by Gasteiger charge is 2.18. The Bertz CT molecular complexity index is 722. The van der Waals surface area contributed by atoms with Crippen LogP contribution >= 0.6 is 11.6 Å². The second-order valence-corrected chi connectivity index (χ2v) is 6.66. The Hall–Kier alpha value is -2.01. The molecule has 0 unspecified atom stereocenters. The van der Waals surface area contributed by atoms with Crippen LogP contribution in [0.1, 0.15) is 29.0 Å². The lowest BCUT2D eigenvalue weighted by atomic mass is 10.1. The normalized spacial score (nSPS) is 14.2. The molecule has 6 heteroatoms. The number of rotatable bonds is 5. The summed E-state index contributed by atoms with van der Waals surface area (Å²) in [5, 5.41) is 0.654. The number of benzene rings is 1. The molecular weight excluding hydrogens is 324 g/mol. The fourth-order valence-electron chi connectivity index (χ4n) is 3.07. The van der Waals surface area contributed by atoms with Gasteiger partial charge in [-0.25, -0.2) is 4.98 Å². The van der Waals surface area contributed by atoms with Crippen LogP contribution in [0.5, 0.6) is 0 Å². The number of imidazole rings is 1. The topological polar surface area (TPSA) is 41.4 Å². The molecule has 0 bridgehead atoms. The highest BCUT2D eigenvalue weighted by Crippen LogP contribution is 2.29. The predicted octanol–water partition coefficient (Wildman–Crippen LogP) is 3.22. The van der Waals surface area contributed by atoms with E-state index >= 15 is 0 Å². The number of likely N-dealkylation sites (N-methyl/N-ethyl adjacent to an activating group) is 1. The van der Waals surface area contributed by atoms with Gasteiger partial charge in [0, 0.05) is 51.2 Å². The zero-order valence-corrected chi connectivity index (χ0v) is 15.0. The van der Waals surface area contributed by atoms with Gasteiger partial charge in [-0.05, 0) is 38.0 Å². The Morgan fingerprint density at radius 2 is 2.08 bits per heavy atom. The van der Waals surface area contributed by atoms with Crippen LogP contribution in [0.15, 0.2) is 30.6 Å². The summed E-state index contributed by atoms with van der Waals surface area (Å²) in [5.74, 6) is 0.941. The Morgan fingerprint density at radius 1 is 1.33 bits per heavy atom. The number of nitrogens with zero attached hydrogens (tertiary/aromatic N) is 4. The summed E-state index contributed by atoms with van der Waals surface area (Å²) in [6.07, 6.45) is 6.10. The Balaban J connectivity index is 1.65. The van der Waals surface area contributed by atoms with Gasteiger partial charge in [-0.2, -0.15) is 0 Å². The predicted molar refractivity (Wildman–Crippen MR) is 96.8 cm³/mol. The number of amides is 1. The van der Waals surface area contributed by atoms with E-state index < -0.39 is 0 Å². The maximum Gasteiger partial charge on any atom is 0.253 e. The molecule has 0 atom stereocenters. The molecule has 1 aromatic carbocycles. The molecule has 1 aliphatic heterocycles. The van der Waals surface area contributed by atoms with E-state index in [4.69, 9.17) is 11.6 Å². The first-order valence-electron chi connectivity index (χ1n) is 8.34. The van der Waals surface area contributed by atoms with E-state index in [0.29, 0.717) is 17.1 Å². The van der Waals surface area contributed by atoms with Crippen LogP contribution in [0.4, 0.5) is 5.69 Å². The summed E-state index contributed by atoms with van der Waals surface area (Å²) in [4.78, 5) is 20.8. The van der Waals surface area contributed by atoms with Gasteiger partial charge >= 0.3 is 0 Å². The molecule has 1 aliphatic rings. The standard InChI is InChI=1S/C18H23ClN4O/c1-14-20-7-10-22(14)12-11-21(2)18(24)15-5-6-17(16(19)13-15)23-8-3-4-9-23/h5-7,10,13H,3-4,8-9,11-12H2,1-2H3. The molecule has 0 saturated carbocycles. The van der Waals surface area contributed by atoms with E-state index in [1.54, 1.807) is 17.2 Å². The lowest BCUT2D eigenvalue weighted by Crippen LogP contribution is -2.30. The SMILES string of the molecule is Cc1nccn1CCN(C)C(=O)c1ccc(N2CCCC2)c(Cl)c1. The summed E-state index contributed by atoms with van der Waals surface area (Å²) in [5.41, 5.74) is 1.66. The molecule has 0 radical (unpaired) electrons. The quantitative estimate of drug-likeness (QED) is 0.834. The molecule has 0 spiro atoms. The fourth-order valence-corrected chi connectivity index (χ4v) is 3.37. The monoisotopic (exact) mass is 346 g/mol. The Morgan fingerprint density at radius 3 is 2.71 bits per heavy atom. The summed E-state index contributed by atoms with van der Waals surface area (Å²) >= 11 is 6.41. The minimum Gasteiger partial charge on any atom is -0.370 e. The van der Waals surface area contributed by atoms with Crippen molar-refractivity contribution in [2.75, 3.05) is 31.6 Å². The smallest absolute Gasteiger partial charge is 0.253 e. The van der Waals surface area contributed by atoms with E-state index in [0.717, 1.165) is 31.1 Å². The van der Waals surface area contributed by atoms with E-state index in [-0.39, 0.29) is 5.91 Å². The zero-order chi connectivity index (χ0) is 17.1. The van der Waals surface area contributed by atoms with E-state index in [2.05, 4.69) is 9.88 Å². The second-order valence-electron chi connectivity index (χ2n) is 6.25. The summed E-state index contributed by atoms with van der Waals surface area (Å²) in [6, 6.07) is 5.63. The van der Waals surface area contributed by atoms with Gasteiger partial charge in [0.05, 0.1) is 10.7 Å². The van der Waals surface area contributed by atoms with Crippen LogP contribution in [-0.2, 0) is 6.54 Å². The molecular formula is C18H23ClN4O. The van der Waals surface area contributed by atoms with Crippen molar-refractivity contribution in [3.63, 3.8) is 0 Å². The molecule has 0 N–H and O–H groups in total. The maximum absolute atomic E-state index is 12.6. The van der Waals surface area contributed by atoms with Crippen molar-refractivity contribution in [2.45, 2.75) is 26.3 Å². The first-order chi connectivity index (χ1) is 11.6. The van der Waals surface area contributed by atoms with Crippen molar-refractivity contribution in [2.24, 2.45) is 0 Å². The molecule has 24 heavy (non-hydrogen) atoms. The van der Waals surface area contributed by atoms with Crippen molar-refractivity contribution in [3.05, 3.63) is 47.0 Å². The molecule has 5 nitrogen and oxygen atoms in total. The molecule has 128 valence electrons. The lowest BCUT2D eigenvalue weighted by molar-refractivity contribution is 0.0790. The molecule has 1 saturated heterocycles. The van der Waals surface area contributed by atoms with Gasteiger partial charge in [0.2, 0.25) is 0 Å². The average molecular weight is 347 g/mol. The minimum absolute atomic E-state index is 0.0114. The van der Waals surface area contributed by atoms with Crippen molar-refractivity contribution in [1.29, 1.82) is 0 Å². The largest absolute Gasteiger partial charge is 0.370 e. The van der Waals surface area contributed by atoms with E-state index in [1.807, 2.05) is 36.9 Å². The van der Waals surface area contributed by atoms with Crippen molar-refractivity contribution in [3.8, 4) is 0 Å². The number of halogens is 1. The Kier molecular flexibility index (Phi) is 5.09. The van der Waals surface area contributed by atoms with Gasteiger partial charge < -0.3 is 14.4 Å². The first kappa shape index (κ1) is 16.8. The average Bonchev–Trinajstić information content (AvgIpc) is 3.23. The number of anilines is 1. The number of hydrogen-bond acceptors (Lipinski definition) is 3. The zero-order valence-electron chi connectivity index (χ0n) is 14.2. The van der Waals surface area contributed by atoms with Crippen LogP contribution < -0.4 is 4.90 Å². The molecule has 2 heterocycles. The van der Waals surface area contributed by atoms with E-state index in [1.165, 1.54) is 12.8 Å². The number of aromatic nitrogens is 2. The van der Waals surface area contributed by atoms with Gasteiger partial charge in [0.1, 0.15) is 5.82 Å². The van der Waals surface area contributed by atoms with Crippen LogP contribution in [0.3, 0.4) is 0 Å². The second kappa shape index (κ2) is 7.26. The van der Waals surface area contributed by atoms with Crippen LogP contribution in [0.25, 0.3) is 0 Å². The highest BCUT2D eigenvalue weighted by molar-refractivity contribution is 6.33. The third-order valence-electron chi connectivity index (χ3n) is 4.59. The van der Waals surface area contributed by atoms with Gasteiger partial charge in [-0.3, -0.25) is 4.79 Å². The molecule has 2 aromatic rings. The van der Waals surface area contributed by atoms with Gasteiger partial charge in [-0.15, -0.1) is 0 Å². The third kappa shape index (κ3) is 3.56. The molecule has 1 fully saturated rings. The van der Waals surface area contributed by atoms with Crippen LogP contribution in [0, 0.1) is 6.92 Å². The third-order valence-corrected chi connectivity index (χ3v) is 4.89. The molecule has 1 aromatic heterocycles. The molecule has 0 aliphatic carbocycles. The van der Waals surface area contributed by atoms with Crippen molar-refractivity contribution >= 4 is 23.2 Å². The molecule has 1 amide bonds. The van der Waals surface area contributed by atoms with Gasteiger partial charge in [-0.1, -0.05) is 11.6 Å². The van der Waals surface area contributed by atoms with Gasteiger partial charge in [0.25, 0.3) is 5.91 Å². The maximum atomic E-state index is 12.6. The number of carbonyl (C=O) groups excluding carboxylic acids is 1. The highest BCUT2D eigenvalue weighted by atomic mass is 35.5. The first-order valence-corrected chi connectivity index (χ1v) is 8.72. The number of carbonyl (C=O) groups is 1. The van der Waals surface area contributed by atoms with Crippen LogP contribution in [0.2, 0.25) is 5.02 Å². The minimum atomic E-state index is -0.0114. The van der Waals surface area contributed by atoms with E-state index in [9.17, 15) is 4.79 Å². The number of hydrogen-bond donors (Lipinski definition) is 0. The Labute approximate surface area is 147 Å². The lowest BCUT2D eigenvalue weighted by Gasteiger charge is -2.21. The van der Waals surface area contributed by atoms with Gasteiger partial charge in [0.15, 0.2) is 0 Å². The summed E-state index contributed by atoms with van der Waals surface area (Å²) < 4.78 is 2.03. The van der Waals surface area contributed by atoms with Crippen LogP contribution in [-0.4, -0.2) is 47.0 Å². The fraction of sp³-hybridized carbons (Fsp3) is 0.444. The summed E-state index contributed by atoms with van der Waals surface area (Å²) in [6.45, 7) is 5.39. The van der Waals surface area contributed by atoms with Crippen molar-refractivity contribution < 1.29 is 4.79 Å². The molecule has 3 rings (SSSR count). The summed E-state index contributed by atoms with van der Waals surface area (Å²) in [7, 11) is 1.82. The van der Waals surface area contributed by atoms with Crippen molar-refractivity contribution in [1.82, 2.24) is 14.5 Å².